The molecule has 0 unspecified atom stereocenters. The first-order valence-electron chi connectivity index (χ1n) is 8.27. The Morgan fingerprint density at radius 2 is 1.96 bits per heavy atom. The predicted molar refractivity (Wildman–Crippen MR) is 89.3 cm³/mol. The molecule has 1 aromatic carbocycles. The van der Waals surface area contributed by atoms with Gasteiger partial charge in [0.2, 0.25) is 15.9 Å². The Labute approximate surface area is 155 Å². The van der Waals surface area contributed by atoms with Gasteiger partial charge < -0.3 is 9.64 Å². The fourth-order valence-electron chi connectivity index (χ4n) is 2.90. The minimum atomic E-state index is -4.03. The number of hydrogen-bond donors (Lipinski definition) is 1. The van der Waals surface area contributed by atoms with Gasteiger partial charge in [-0.3, -0.25) is 9.59 Å². The highest BCUT2D eigenvalue weighted by Crippen LogP contribution is 2.20. The van der Waals surface area contributed by atoms with Crippen LogP contribution >= 0.6 is 0 Å². The molecule has 0 radical (unpaired) electrons. The van der Waals surface area contributed by atoms with Crippen molar-refractivity contribution in [3.05, 3.63) is 30.1 Å². The summed E-state index contributed by atoms with van der Waals surface area (Å²) in [6, 6.07) is 4.97. The van der Waals surface area contributed by atoms with Gasteiger partial charge in [0.05, 0.1) is 0 Å². The molecular formula is C16H18FN3O6S. The summed E-state index contributed by atoms with van der Waals surface area (Å²) in [6.07, 6.45) is -0.752. The number of imide groups is 1. The topological polar surface area (TPSA) is 113 Å². The molecule has 9 nitrogen and oxygen atoms in total. The molecule has 3 rings (SSSR count). The molecule has 1 aromatic rings. The summed E-state index contributed by atoms with van der Waals surface area (Å²) in [7, 11) is -4.03. The maximum Gasteiger partial charge on any atom is 0.417 e. The summed E-state index contributed by atoms with van der Waals surface area (Å²) in [5, 5.41) is 0. The first-order chi connectivity index (χ1) is 12.8. The predicted octanol–water partition coefficient (Wildman–Crippen LogP) is -0.0687. The second kappa shape index (κ2) is 7.61. The zero-order chi connectivity index (χ0) is 19.6. The second-order valence-electron chi connectivity index (χ2n) is 6.30. The molecule has 2 fully saturated rings. The number of carbonyl (C=O) groups excluding carboxylic acids is 3. The third-order valence-corrected chi connectivity index (χ3v) is 5.84. The Balaban J connectivity index is 1.41. The number of nitrogens with one attached hydrogen (secondary N) is 1. The number of likely N-dealkylation sites (tertiary alicyclic amines) is 1. The lowest BCUT2D eigenvalue weighted by molar-refractivity contribution is -0.138. The van der Waals surface area contributed by atoms with Crippen molar-refractivity contribution < 1.29 is 31.9 Å². The fourth-order valence-corrected chi connectivity index (χ4v) is 4.00. The molecule has 0 saturated carbocycles. The molecule has 0 atom stereocenters. The molecule has 1 N–H and O–H groups in total. The quantitative estimate of drug-likeness (QED) is 0.687. The molecule has 2 aliphatic rings. The van der Waals surface area contributed by atoms with Crippen LogP contribution in [0, 0.1) is 11.7 Å². The summed E-state index contributed by atoms with van der Waals surface area (Å²) in [5.74, 6) is -1.55. The van der Waals surface area contributed by atoms with Crippen molar-refractivity contribution in [2.75, 3.05) is 32.8 Å². The zero-order valence-electron chi connectivity index (χ0n) is 14.3. The highest BCUT2D eigenvalue weighted by atomic mass is 32.2. The van der Waals surface area contributed by atoms with E-state index in [-0.39, 0.29) is 37.9 Å². The molecule has 0 aromatic heterocycles. The van der Waals surface area contributed by atoms with Crippen LogP contribution in [0.15, 0.2) is 29.2 Å². The summed E-state index contributed by atoms with van der Waals surface area (Å²) < 4.78 is 44.5. The number of rotatable bonds is 7. The molecule has 0 spiro atoms. The first kappa shape index (κ1) is 19.2. The summed E-state index contributed by atoms with van der Waals surface area (Å²) >= 11 is 0. The van der Waals surface area contributed by atoms with E-state index in [2.05, 4.69) is 9.46 Å². The number of amides is 3. The van der Waals surface area contributed by atoms with Gasteiger partial charge >= 0.3 is 6.09 Å². The molecular weight excluding hydrogens is 381 g/mol. The Bertz CT molecular complexity index is 853. The van der Waals surface area contributed by atoms with Crippen molar-refractivity contribution in [1.82, 2.24) is 14.5 Å². The van der Waals surface area contributed by atoms with Gasteiger partial charge in [0, 0.05) is 38.5 Å². The van der Waals surface area contributed by atoms with Gasteiger partial charge in [-0.15, -0.1) is 0 Å². The van der Waals surface area contributed by atoms with Crippen LogP contribution < -0.4 is 4.72 Å². The van der Waals surface area contributed by atoms with Crippen molar-refractivity contribution in [3.63, 3.8) is 0 Å². The first-order valence-corrected chi connectivity index (χ1v) is 9.75. The maximum absolute atomic E-state index is 13.6. The number of carbonyl (C=O) groups is 3. The normalized spacial score (nSPS) is 17.8. The molecule has 0 aliphatic carbocycles. The largest absolute Gasteiger partial charge is 0.439 e. The van der Waals surface area contributed by atoms with E-state index in [1.807, 2.05) is 0 Å². The van der Waals surface area contributed by atoms with Crippen LogP contribution in [0.25, 0.3) is 0 Å². The summed E-state index contributed by atoms with van der Waals surface area (Å²) in [5.41, 5.74) is 0. The highest BCUT2D eigenvalue weighted by molar-refractivity contribution is 7.89. The fraction of sp³-hybridized carbons (Fsp3) is 0.438. The molecule has 2 aliphatic heterocycles. The average Bonchev–Trinajstić information content (AvgIpc) is 2.89. The third kappa shape index (κ3) is 4.25. The van der Waals surface area contributed by atoms with E-state index >= 15 is 0 Å². The maximum atomic E-state index is 13.6. The van der Waals surface area contributed by atoms with Crippen molar-refractivity contribution in [2.24, 2.45) is 5.92 Å². The summed E-state index contributed by atoms with van der Waals surface area (Å²) in [6.45, 7) is 0.525. The van der Waals surface area contributed by atoms with Crippen LogP contribution in [0.1, 0.15) is 6.42 Å². The van der Waals surface area contributed by atoms with Crippen LogP contribution in [-0.4, -0.2) is 68.9 Å². The van der Waals surface area contributed by atoms with Gasteiger partial charge in [0.15, 0.2) is 6.61 Å². The van der Waals surface area contributed by atoms with E-state index < -0.39 is 32.7 Å². The molecule has 146 valence electrons. The number of benzene rings is 1. The van der Waals surface area contributed by atoms with E-state index in [1.165, 1.54) is 17.0 Å². The second-order valence-corrected chi connectivity index (χ2v) is 8.04. The van der Waals surface area contributed by atoms with Crippen molar-refractivity contribution in [1.29, 1.82) is 0 Å². The SMILES string of the molecule is O=C(CCNS(=O)(=O)c1ccccc1F)N1CC(CN2C(=O)COC2=O)C1. The Morgan fingerprint density at radius 3 is 2.59 bits per heavy atom. The van der Waals surface area contributed by atoms with Crippen LogP contribution in [0.4, 0.5) is 9.18 Å². The lowest BCUT2D eigenvalue weighted by Gasteiger charge is -2.40. The molecule has 2 saturated heterocycles. The Morgan fingerprint density at radius 1 is 1.26 bits per heavy atom. The lowest BCUT2D eigenvalue weighted by Crippen LogP contribution is -2.54. The number of nitrogens with zero attached hydrogens (tertiary/aromatic N) is 2. The number of ether oxygens (including phenoxy) is 1. The molecule has 3 amide bonds. The van der Waals surface area contributed by atoms with Crippen molar-refractivity contribution in [3.8, 4) is 0 Å². The number of cyclic esters (lactones) is 1. The smallest absolute Gasteiger partial charge is 0.417 e. The van der Waals surface area contributed by atoms with Crippen LogP contribution in [0.5, 0.6) is 0 Å². The minimum Gasteiger partial charge on any atom is -0.439 e. The summed E-state index contributed by atoms with van der Waals surface area (Å²) in [4.78, 5) is 37.0. The van der Waals surface area contributed by atoms with Gasteiger partial charge in [-0.25, -0.2) is 27.2 Å². The van der Waals surface area contributed by atoms with Gasteiger partial charge in [0.1, 0.15) is 10.7 Å². The lowest BCUT2D eigenvalue weighted by atomic mass is 9.99. The van der Waals surface area contributed by atoms with E-state index in [1.54, 1.807) is 0 Å². The van der Waals surface area contributed by atoms with Crippen LogP contribution in [-0.2, 0) is 24.3 Å². The monoisotopic (exact) mass is 399 g/mol. The average molecular weight is 399 g/mol. The van der Waals surface area contributed by atoms with E-state index in [4.69, 9.17) is 0 Å². The van der Waals surface area contributed by atoms with Gasteiger partial charge in [-0.05, 0) is 12.1 Å². The molecule has 11 heteroatoms. The number of sulfonamides is 1. The highest BCUT2D eigenvalue weighted by Gasteiger charge is 2.38. The zero-order valence-corrected chi connectivity index (χ0v) is 15.1. The van der Waals surface area contributed by atoms with Gasteiger partial charge in [-0.2, -0.15) is 0 Å². The third-order valence-electron chi connectivity index (χ3n) is 4.35. The number of halogens is 1. The standard InChI is InChI=1S/C16H18FN3O6S/c17-12-3-1-2-4-13(12)27(24,25)18-6-5-14(21)19-7-11(8-19)9-20-15(22)10-26-16(20)23/h1-4,11,18H,5-10H2. The van der Waals surface area contributed by atoms with E-state index in [0.29, 0.717) is 13.1 Å². The van der Waals surface area contributed by atoms with Crippen molar-refractivity contribution in [2.45, 2.75) is 11.3 Å². The van der Waals surface area contributed by atoms with Crippen molar-refractivity contribution >= 4 is 27.9 Å². The van der Waals surface area contributed by atoms with E-state index in [0.717, 1.165) is 17.0 Å². The van der Waals surface area contributed by atoms with Crippen LogP contribution in [0.2, 0.25) is 0 Å². The minimum absolute atomic E-state index is 0.0290. The van der Waals surface area contributed by atoms with Crippen LogP contribution in [0.3, 0.4) is 0 Å². The Kier molecular flexibility index (Phi) is 5.42. The van der Waals surface area contributed by atoms with Gasteiger partial charge in [-0.1, -0.05) is 12.1 Å². The van der Waals surface area contributed by atoms with E-state index in [9.17, 15) is 27.2 Å². The molecule has 0 bridgehead atoms. The van der Waals surface area contributed by atoms with Gasteiger partial charge in [0.25, 0.3) is 5.91 Å². The molecule has 2 heterocycles. The Hall–Kier alpha value is -2.53. The number of hydrogen-bond acceptors (Lipinski definition) is 6. The molecule has 27 heavy (non-hydrogen) atoms.